The third-order valence-electron chi connectivity index (χ3n) is 6.13. The zero-order valence-electron chi connectivity index (χ0n) is 20.7. The number of carbonyl (C=O) groups is 1. The van der Waals surface area contributed by atoms with Crippen molar-refractivity contribution in [3.05, 3.63) is 16.7 Å². The third-order valence-corrected chi connectivity index (χ3v) is 6.13. The van der Waals surface area contributed by atoms with Crippen molar-refractivity contribution in [2.75, 3.05) is 6.61 Å². The van der Waals surface area contributed by atoms with E-state index < -0.39 is 11.7 Å². The van der Waals surface area contributed by atoms with Gasteiger partial charge in [0.05, 0.1) is 6.61 Å². The number of rotatable bonds is 19. The van der Waals surface area contributed by atoms with Gasteiger partial charge in [-0.15, -0.1) is 0 Å². The molecule has 0 aliphatic carbocycles. The number of hydrogen-bond acceptors (Lipinski definition) is 4. The predicted octanol–water partition coefficient (Wildman–Crippen LogP) is 7.78. The van der Waals surface area contributed by atoms with Gasteiger partial charge in [-0.1, -0.05) is 91.4 Å². The number of ether oxygens (including phenoxy) is 1. The first-order valence-electron chi connectivity index (χ1n) is 12.9. The molecular formula is C27H46O5. The smallest absolute Gasteiger partial charge is 0.343 e. The van der Waals surface area contributed by atoms with Crippen molar-refractivity contribution in [1.29, 1.82) is 0 Å². The summed E-state index contributed by atoms with van der Waals surface area (Å²) >= 11 is 0. The van der Waals surface area contributed by atoms with Crippen LogP contribution >= 0.6 is 0 Å². The van der Waals surface area contributed by atoms with Crippen molar-refractivity contribution < 1.29 is 24.9 Å². The highest BCUT2D eigenvalue weighted by Gasteiger charge is 2.28. The van der Waals surface area contributed by atoms with E-state index >= 15 is 0 Å². The minimum absolute atomic E-state index is 0.267. The second-order valence-electron chi connectivity index (χ2n) is 8.90. The van der Waals surface area contributed by atoms with Crippen molar-refractivity contribution in [3.8, 4) is 17.2 Å². The van der Waals surface area contributed by atoms with Crippen LogP contribution in [0.3, 0.4) is 0 Å². The molecule has 5 nitrogen and oxygen atoms in total. The molecule has 1 aromatic carbocycles. The van der Waals surface area contributed by atoms with Crippen molar-refractivity contribution in [1.82, 2.24) is 0 Å². The molecule has 0 unspecified atom stereocenters. The second kappa shape index (κ2) is 16.7. The maximum absolute atomic E-state index is 12.0. The van der Waals surface area contributed by atoms with Crippen molar-refractivity contribution in [2.45, 2.75) is 124 Å². The van der Waals surface area contributed by atoms with Crippen LogP contribution < -0.4 is 4.74 Å². The van der Waals surface area contributed by atoms with Crippen molar-refractivity contribution in [3.63, 3.8) is 0 Å². The van der Waals surface area contributed by atoms with Crippen LogP contribution in [0.15, 0.2) is 0 Å². The van der Waals surface area contributed by atoms with Gasteiger partial charge in [-0.05, 0) is 32.1 Å². The Morgan fingerprint density at radius 3 is 1.66 bits per heavy atom. The molecule has 1 rings (SSSR count). The molecule has 1 aromatic rings. The van der Waals surface area contributed by atoms with E-state index in [-0.39, 0.29) is 17.1 Å². The van der Waals surface area contributed by atoms with Gasteiger partial charge in [0.15, 0.2) is 11.5 Å². The number of aromatic carboxylic acids is 1. The number of aromatic hydroxyl groups is 2. The number of phenols is 2. The molecular weight excluding hydrogens is 404 g/mol. The average molecular weight is 451 g/mol. The summed E-state index contributed by atoms with van der Waals surface area (Å²) in [6.07, 6.45) is 16.3. The molecule has 0 atom stereocenters. The SMILES string of the molecule is CCCCCCCCOc1c(CCCCCC)c(CCCCCC)c(O)c(O)c1C(=O)O. The van der Waals surface area contributed by atoms with Crippen LogP contribution in [-0.4, -0.2) is 27.9 Å². The summed E-state index contributed by atoms with van der Waals surface area (Å²) in [5.41, 5.74) is 1.14. The maximum atomic E-state index is 12.0. The van der Waals surface area contributed by atoms with E-state index in [9.17, 15) is 20.1 Å². The molecule has 0 aliphatic rings. The van der Waals surface area contributed by atoms with Crippen LogP contribution in [0, 0.1) is 0 Å². The summed E-state index contributed by atoms with van der Waals surface area (Å²) in [5, 5.41) is 31.1. The molecule has 0 amide bonds. The van der Waals surface area contributed by atoms with Gasteiger partial charge in [0.2, 0.25) is 0 Å². The molecule has 3 N–H and O–H groups in total. The van der Waals surface area contributed by atoms with Gasteiger partial charge in [-0.25, -0.2) is 4.79 Å². The van der Waals surface area contributed by atoms with E-state index in [1.807, 2.05) is 0 Å². The molecule has 0 heterocycles. The minimum atomic E-state index is -1.26. The molecule has 32 heavy (non-hydrogen) atoms. The standard InChI is InChI=1S/C27H46O5/c1-4-7-10-13-14-17-20-32-26-22(19-16-12-9-6-3)21(18-15-11-8-5-2)24(28)25(29)23(26)27(30)31/h28-29H,4-20H2,1-3H3,(H,30,31). The Morgan fingerprint density at radius 1 is 0.656 bits per heavy atom. The number of benzene rings is 1. The number of carboxylic acid groups (broad SMARTS) is 1. The van der Waals surface area contributed by atoms with Crippen molar-refractivity contribution >= 4 is 5.97 Å². The Balaban J connectivity index is 3.14. The molecule has 0 saturated heterocycles. The van der Waals surface area contributed by atoms with Crippen LogP contribution in [-0.2, 0) is 12.8 Å². The van der Waals surface area contributed by atoms with Crippen LogP contribution in [0.2, 0.25) is 0 Å². The fourth-order valence-electron chi connectivity index (χ4n) is 4.20. The van der Waals surface area contributed by atoms with E-state index in [0.29, 0.717) is 25.0 Å². The first-order valence-corrected chi connectivity index (χ1v) is 12.9. The summed E-state index contributed by atoms with van der Waals surface area (Å²) in [6.45, 7) is 6.92. The normalized spacial score (nSPS) is 11.1. The Morgan fingerprint density at radius 2 is 1.12 bits per heavy atom. The fourth-order valence-corrected chi connectivity index (χ4v) is 4.20. The van der Waals surface area contributed by atoms with Gasteiger partial charge in [-0.3, -0.25) is 0 Å². The molecule has 0 aliphatic heterocycles. The highest BCUT2D eigenvalue weighted by molar-refractivity contribution is 5.96. The van der Waals surface area contributed by atoms with Crippen LogP contribution in [0.1, 0.15) is 132 Å². The lowest BCUT2D eigenvalue weighted by atomic mass is 9.91. The molecule has 0 radical (unpaired) electrons. The van der Waals surface area contributed by atoms with Gasteiger partial charge < -0.3 is 20.1 Å². The zero-order valence-corrected chi connectivity index (χ0v) is 20.7. The number of hydrogen-bond donors (Lipinski definition) is 3. The molecule has 0 spiro atoms. The first-order chi connectivity index (χ1) is 15.5. The summed E-state index contributed by atoms with van der Waals surface area (Å²) in [7, 11) is 0. The summed E-state index contributed by atoms with van der Waals surface area (Å²) < 4.78 is 6.05. The number of unbranched alkanes of at least 4 members (excludes halogenated alkanes) is 11. The third kappa shape index (κ3) is 9.30. The Bertz CT molecular complexity index is 669. The van der Waals surface area contributed by atoms with Crippen LogP contribution in [0.25, 0.3) is 0 Å². The Labute approximate surface area is 195 Å². The maximum Gasteiger partial charge on any atom is 0.343 e. The number of carboxylic acids is 1. The molecule has 184 valence electrons. The quantitative estimate of drug-likeness (QED) is 0.148. The van der Waals surface area contributed by atoms with Gasteiger partial charge in [-0.2, -0.15) is 0 Å². The molecule has 0 fully saturated rings. The lowest BCUT2D eigenvalue weighted by Crippen LogP contribution is -2.11. The predicted molar refractivity (Wildman–Crippen MR) is 131 cm³/mol. The Kier molecular flexibility index (Phi) is 14.7. The highest BCUT2D eigenvalue weighted by Crippen LogP contribution is 2.44. The highest BCUT2D eigenvalue weighted by atomic mass is 16.5. The van der Waals surface area contributed by atoms with E-state index in [1.165, 1.54) is 19.3 Å². The summed E-state index contributed by atoms with van der Waals surface area (Å²) in [5.74, 6) is -1.83. The summed E-state index contributed by atoms with van der Waals surface area (Å²) in [4.78, 5) is 12.0. The lowest BCUT2D eigenvalue weighted by molar-refractivity contribution is 0.0687. The molecule has 0 bridgehead atoms. The Hall–Kier alpha value is -1.91. The second-order valence-corrected chi connectivity index (χ2v) is 8.90. The lowest BCUT2D eigenvalue weighted by Gasteiger charge is -2.21. The van der Waals surface area contributed by atoms with Gasteiger partial charge in [0.1, 0.15) is 11.3 Å². The van der Waals surface area contributed by atoms with E-state index in [1.54, 1.807) is 0 Å². The summed E-state index contributed by atoms with van der Waals surface area (Å²) in [6, 6.07) is 0. The van der Waals surface area contributed by atoms with E-state index in [2.05, 4.69) is 20.8 Å². The van der Waals surface area contributed by atoms with E-state index in [0.717, 1.165) is 76.2 Å². The number of phenolic OH excluding ortho intramolecular Hbond substituents is 1. The monoisotopic (exact) mass is 450 g/mol. The zero-order chi connectivity index (χ0) is 23.8. The molecule has 0 aromatic heterocycles. The van der Waals surface area contributed by atoms with Crippen LogP contribution in [0.5, 0.6) is 17.2 Å². The average Bonchev–Trinajstić information content (AvgIpc) is 2.77. The van der Waals surface area contributed by atoms with Crippen LogP contribution in [0.4, 0.5) is 0 Å². The van der Waals surface area contributed by atoms with Crippen molar-refractivity contribution in [2.24, 2.45) is 0 Å². The minimum Gasteiger partial charge on any atom is -0.504 e. The topological polar surface area (TPSA) is 87.0 Å². The van der Waals surface area contributed by atoms with E-state index in [4.69, 9.17) is 4.74 Å². The largest absolute Gasteiger partial charge is 0.504 e. The van der Waals surface area contributed by atoms with Gasteiger partial charge >= 0.3 is 5.97 Å². The first kappa shape index (κ1) is 28.1. The molecule has 5 heteroatoms. The molecule has 0 saturated carbocycles. The fraction of sp³-hybridized carbons (Fsp3) is 0.741. The van der Waals surface area contributed by atoms with Gasteiger partial charge in [0.25, 0.3) is 0 Å². The van der Waals surface area contributed by atoms with Gasteiger partial charge in [0, 0.05) is 11.1 Å².